The molecular weight excluding hydrogens is 144 g/mol. The lowest BCUT2D eigenvalue weighted by Crippen LogP contribution is -1.86. The van der Waals surface area contributed by atoms with Crippen LogP contribution in [0.1, 0.15) is 22.5 Å². The predicted octanol–water partition coefficient (Wildman–Crippen LogP) is 3.42. The highest BCUT2D eigenvalue weighted by Crippen LogP contribution is 2.22. The minimum atomic E-state index is -1.53. The Morgan fingerprint density at radius 2 is 2.08 bits per heavy atom. The van der Waals surface area contributed by atoms with Gasteiger partial charge in [0.25, 0.3) is 0 Å². The van der Waals surface area contributed by atoms with Crippen molar-refractivity contribution in [1.29, 1.82) is 0 Å². The molecule has 0 heteroatoms. The van der Waals surface area contributed by atoms with Gasteiger partial charge in [-0.25, -0.2) is 0 Å². The van der Waals surface area contributed by atoms with Gasteiger partial charge >= 0.3 is 0 Å². The van der Waals surface area contributed by atoms with Crippen LogP contribution in [0.25, 0.3) is 5.57 Å². The number of rotatable bonds is 1. The van der Waals surface area contributed by atoms with Gasteiger partial charge in [-0.15, -0.1) is 0 Å². The summed E-state index contributed by atoms with van der Waals surface area (Å²) in [5.41, 5.74) is 1.99. The van der Waals surface area contributed by atoms with Gasteiger partial charge in [-0.2, -0.15) is 0 Å². The van der Waals surface area contributed by atoms with E-state index in [0.717, 1.165) is 11.1 Å². The Balaban J connectivity index is 2.35. The van der Waals surface area contributed by atoms with Crippen LogP contribution in [0.15, 0.2) is 48.5 Å². The molecule has 0 aromatic heterocycles. The average Bonchev–Trinajstić information content (AvgIpc) is 2.23. The molecule has 1 aromatic carbocycles. The SMILES string of the molecule is [2H]C1=CC=C(c2ccccc2)CC1([2H])[2H]. The van der Waals surface area contributed by atoms with Crippen LogP contribution in [0.5, 0.6) is 0 Å². The van der Waals surface area contributed by atoms with Crippen LogP contribution in [-0.2, 0) is 0 Å². The van der Waals surface area contributed by atoms with Crippen LogP contribution in [0.3, 0.4) is 0 Å². The lowest BCUT2D eigenvalue weighted by atomic mass is 9.98. The fourth-order valence-electron chi connectivity index (χ4n) is 1.26. The highest BCUT2D eigenvalue weighted by Gasteiger charge is 2.00. The van der Waals surface area contributed by atoms with Crippen LogP contribution >= 0.6 is 0 Å². The third kappa shape index (κ3) is 1.48. The molecule has 0 radical (unpaired) electrons. The Hall–Kier alpha value is -1.30. The van der Waals surface area contributed by atoms with Gasteiger partial charge in [0.1, 0.15) is 0 Å². The van der Waals surface area contributed by atoms with Crippen molar-refractivity contribution in [3.05, 3.63) is 54.1 Å². The van der Waals surface area contributed by atoms with E-state index in [2.05, 4.69) is 0 Å². The highest BCUT2D eigenvalue weighted by atomic mass is 14.1. The maximum atomic E-state index is 7.68. The summed E-state index contributed by atoms with van der Waals surface area (Å²) in [6.45, 7) is 0. The van der Waals surface area contributed by atoms with E-state index in [1.807, 2.05) is 36.4 Å². The maximum Gasteiger partial charge on any atom is 0.0576 e. The van der Waals surface area contributed by atoms with Crippen molar-refractivity contribution in [3.63, 3.8) is 0 Å². The smallest absolute Gasteiger partial charge is 0.0576 e. The first-order valence-electron chi connectivity index (χ1n) is 5.53. The Morgan fingerprint density at radius 3 is 2.83 bits per heavy atom. The first kappa shape index (κ1) is 4.66. The largest absolute Gasteiger partial charge is 0.0842 e. The first-order chi connectivity index (χ1) is 7.09. The normalized spacial score (nSPS) is 24.5. The van der Waals surface area contributed by atoms with Crippen molar-refractivity contribution in [2.24, 2.45) is 0 Å². The molecule has 1 aromatic rings. The van der Waals surface area contributed by atoms with Crippen molar-refractivity contribution in [2.75, 3.05) is 0 Å². The summed E-state index contributed by atoms with van der Waals surface area (Å²) in [6, 6.07) is 9.79. The summed E-state index contributed by atoms with van der Waals surface area (Å²) in [4.78, 5) is 0. The standard InChI is InChI=1S/C12H12/c1-3-7-11(8-4-1)12-9-5-2-6-10-12/h1-5,7-9H,6,10H2/i2D,6D2. The zero-order valence-electron chi connectivity index (χ0n) is 9.75. The Bertz CT molecular complexity index is 416. The second-order valence-electron chi connectivity index (χ2n) is 2.72. The topological polar surface area (TPSA) is 0 Å². The van der Waals surface area contributed by atoms with Gasteiger partial charge in [0.2, 0.25) is 0 Å². The fourth-order valence-corrected chi connectivity index (χ4v) is 1.26. The molecule has 0 aliphatic heterocycles. The molecule has 1 aliphatic carbocycles. The second kappa shape index (κ2) is 3.40. The maximum absolute atomic E-state index is 7.68. The lowest BCUT2D eigenvalue weighted by Gasteiger charge is -2.08. The van der Waals surface area contributed by atoms with Gasteiger partial charge in [0.05, 0.1) is 1.37 Å². The van der Waals surface area contributed by atoms with E-state index in [4.69, 9.17) is 4.11 Å². The molecule has 0 spiro atoms. The van der Waals surface area contributed by atoms with Gasteiger partial charge in [-0.1, -0.05) is 48.5 Å². The summed E-state index contributed by atoms with van der Waals surface area (Å²) in [7, 11) is 0. The monoisotopic (exact) mass is 159 g/mol. The number of benzene rings is 1. The zero-order chi connectivity index (χ0) is 10.9. The molecule has 0 heterocycles. The lowest BCUT2D eigenvalue weighted by molar-refractivity contribution is 1.05. The molecule has 0 atom stereocenters. The summed E-state index contributed by atoms with van der Waals surface area (Å²) in [6.07, 6.45) is 2.14. The van der Waals surface area contributed by atoms with Crippen LogP contribution < -0.4 is 0 Å². The Labute approximate surface area is 77.5 Å². The van der Waals surface area contributed by atoms with Crippen molar-refractivity contribution in [3.8, 4) is 0 Å². The van der Waals surface area contributed by atoms with Crippen LogP contribution in [0.2, 0.25) is 0 Å². The van der Waals surface area contributed by atoms with E-state index in [1.54, 1.807) is 6.08 Å². The molecular formula is C12H12. The van der Waals surface area contributed by atoms with E-state index in [1.165, 1.54) is 0 Å². The van der Waals surface area contributed by atoms with E-state index in [-0.39, 0.29) is 12.5 Å². The van der Waals surface area contributed by atoms with Crippen molar-refractivity contribution in [1.82, 2.24) is 0 Å². The van der Waals surface area contributed by atoms with Gasteiger partial charge < -0.3 is 0 Å². The van der Waals surface area contributed by atoms with E-state index < -0.39 is 6.37 Å². The van der Waals surface area contributed by atoms with Crippen LogP contribution in [-0.4, -0.2) is 0 Å². The van der Waals surface area contributed by atoms with E-state index in [0.29, 0.717) is 0 Å². The fraction of sp³-hybridized carbons (Fsp3) is 0.167. The third-order valence-corrected chi connectivity index (χ3v) is 1.89. The molecule has 2 rings (SSSR count). The van der Waals surface area contributed by atoms with Crippen molar-refractivity contribution < 1.29 is 4.11 Å². The minimum Gasteiger partial charge on any atom is -0.0842 e. The zero-order valence-corrected chi connectivity index (χ0v) is 6.75. The number of allylic oxidation sites excluding steroid dienone is 4. The first-order valence-corrected chi connectivity index (χ1v) is 4.03. The number of hydrogen-bond donors (Lipinski definition) is 0. The quantitative estimate of drug-likeness (QED) is 0.589. The molecule has 12 heavy (non-hydrogen) atoms. The molecule has 0 fully saturated rings. The molecule has 1 aliphatic rings. The van der Waals surface area contributed by atoms with Gasteiger partial charge in [0.15, 0.2) is 0 Å². The number of hydrogen-bond acceptors (Lipinski definition) is 0. The Morgan fingerprint density at radius 1 is 1.25 bits per heavy atom. The minimum absolute atomic E-state index is 0.0576. The summed E-state index contributed by atoms with van der Waals surface area (Å²) in [5, 5.41) is 0. The molecule has 60 valence electrons. The Kier molecular flexibility index (Phi) is 1.32. The van der Waals surface area contributed by atoms with E-state index in [9.17, 15) is 0 Å². The van der Waals surface area contributed by atoms with Crippen molar-refractivity contribution >= 4 is 5.57 Å². The molecule has 0 nitrogen and oxygen atoms in total. The van der Waals surface area contributed by atoms with E-state index >= 15 is 0 Å². The molecule has 0 bridgehead atoms. The highest BCUT2D eigenvalue weighted by molar-refractivity contribution is 5.67. The third-order valence-electron chi connectivity index (χ3n) is 1.89. The van der Waals surface area contributed by atoms with Gasteiger partial charge in [-0.3, -0.25) is 0 Å². The van der Waals surface area contributed by atoms with Crippen LogP contribution in [0, 0.1) is 0 Å². The van der Waals surface area contributed by atoms with Gasteiger partial charge in [-0.05, 0) is 23.9 Å². The molecule has 0 saturated carbocycles. The summed E-state index contributed by atoms with van der Waals surface area (Å²) < 4.78 is 22.8. The molecule has 0 saturated heterocycles. The predicted molar refractivity (Wildman–Crippen MR) is 52.8 cm³/mol. The summed E-state index contributed by atoms with van der Waals surface area (Å²) >= 11 is 0. The average molecular weight is 159 g/mol. The second-order valence-corrected chi connectivity index (χ2v) is 2.72. The van der Waals surface area contributed by atoms with Crippen molar-refractivity contribution in [2.45, 2.75) is 12.8 Å². The summed E-state index contributed by atoms with van der Waals surface area (Å²) in [5.74, 6) is 0. The van der Waals surface area contributed by atoms with Crippen LogP contribution in [0.4, 0.5) is 0 Å². The molecule has 0 unspecified atom stereocenters. The molecule has 0 N–H and O–H groups in total. The van der Waals surface area contributed by atoms with Gasteiger partial charge in [0, 0.05) is 2.74 Å². The molecule has 0 amide bonds.